The van der Waals surface area contributed by atoms with E-state index in [0.29, 0.717) is 12.1 Å². The zero-order valence-corrected chi connectivity index (χ0v) is 17.8. The molecule has 3 aromatic carbocycles. The van der Waals surface area contributed by atoms with Crippen LogP contribution in [-0.2, 0) is 16.4 Å². The second kappa shape index (κ2) is 9.63. The zero-order valence-electron chi connectivity index (χ0n) is 16.2. The summed E-state index contributed by atoms with van der Waals surface area (Å²) in [5.74, 6) is -1.83. The van der Waals surface area contributed by atoms with Crippen molar-refractivity contribution in [1.82, 2.24) is 0 Å². The van der Waals surface area contributed by atoms with Gasteiger partial charge in [0.25, 0.3) is 5.91 Å². The third kappa shape index (κ3) is 6.31. The molecule has 3 rings (SSSR count). The number of halogens is 1. The Morgan fingerprint density at radius 1 is 0.935 bits per heavy atom. The molecule has 0 aliphatic carbocycles. The highest BCUT2D eigenvalue weighted by Gasteiger charge is 2.18. The van der Waals surface area contributed by atoms with Crippen molar-refractivity contribution in [3.05, 3.63) is 94.5 Å². The maximum absolute atomic E-state index is 12.8. The highest BCUT2D eigenvalue weighted by atomic mass is 35.5. The highest BCUT2D eigenvalue weighted by Crippen LogP contribution is 2.23. The maximum atomic E-state index is 12.8. The van der Waals surface area contributed by atoms with Crippen molar-refractivity contribution < 1.29 is 23.1 Å². The van der Waals surface area contributed by atoms with Crippen molar-refractivity contribution in [1.29, 1.82) is 0 Å². The Bertz CT molecular complexity index is 1200. The molecule has 0 aliphatic heterocycles. The predicted octanol–water partition coefficient (Wildman–Crippen LogP) is 4.27. The van der Waals surface area contributed by atoms with Crippen molar-refractivity contribution in [2.75, 3.05) is 15.8 Å². The van der Waals surface area contributed by atoms with Gasteiger partial charge in [-0.05, 0) is 54.4 Å². The zero-order chi connectivity index (χ0) is 22.4. The molecule has 3 N–H and O–H groups in total. The van der Waals surface area contributed by atoms with E-state index in [1.807, 2.05) is 30.3 Å². The van der Waals surface area contributed by atoms with E-state index in [1.165, 1.54) is 42.5 Å². The lowest BCUT2D eigenvalue weighted by atomic mass is 10.1. The lowest BCUT2D eigenvalue weighted by Gasteiger charge is -2.13. The first-order valence-electron chi connectivity index (χ1n) is 9.22. The molecule has 3 aromatic rings. The number of amides is 1. The molecule has 0 aromatic heterocycles. The SMILES string of the molecule is O=C(O)c1ccc(NC(=O)c2cc(Cl)ccc2NS(=O)(=O)CCc2ccccc2)cc1. The van der Waals surface area contributed by atoms with E-state index >= 15 is 0 Å². The molecular weight excluding hydrogens is 440 g/mol. The number of carbonyl (C=O) groups is 2. The minimum atomic E-state index is -3.73. The Hall–Kier alpha value is -3.36. The molecule has 0 unspecified atom stereocenters. The Labute approximate surface area is 184 Å². The van der Waals surface area contributed by atoms with Crippen LogP contribution in [0.25, 0.3) is 0 Å². The van der Waals surface area contributed by atoms with Gasteiger partial charge < -0.3 is 10.4 Å². The molecule has 0 heterocycles. The molecule has 1 amide bonds. The van der Waals surface area contributed by atoms with E-state index in [2.05, 4.69) is 10.0 Å². The first-order chi connectivity index (χ1) is 14.7. The Morgan fingerprint density at radius 3 is 2.26 bits per heavy atom. The van der Waals surface area contributed by atoms with Gasteiger partial charge in [0.15, 0.2) is 0 Å². The van der Waals surface area contributed by atoms with Gasteiger partial charge in [0.05, 0.1) is 22.6 Å². The van der Waals surface area contributed by atoms with Crippen LogP contribution in [0.5, 0.6) is 0 Å². The van der Waals surface area contributed by atoms with Gasteiger partial charge in [-0.2, -0.15) is 0 Å². The van der Waals surface area contributed by atoms with E-state index in [4.69, 9.17) is 16.7 Å². The molecule has 0 radical (unpaired) electrons. The number of nitrogens with one attached hydrogen (secondary N) is 2. The molecule has 7 nitrogen and oxygen atoms in total. The number of rotatable bonds is 8. The van der Waals surface area contributed by atoms with Crippen molar-refractivity contribution in [3.63, 3.8) is 0 Å². The molecule has 0 bridgehead atoms. The summed E-state index contributed by atoms with van der Waals surface area (Å²) in [6.45, 7) is 0. The lowest BCUT2D eigenvalue weighted by Crippen LogP contribution is -2.21. The van der Waals surface area contributed by atoms with Gasteiger partial charge >= 0.3 is 5.97 Å². The molecule has 0 saturated heterocycles. The first kappa shape index (κ1) is 22.3. The largest absolute Gasteiger partial charge is 0.478 e. The Morgan fingerprint density at radius 2 is 1.61 bits per heavy atom. The van der Waals surface area contributed by atoms with Gasteiger partial charge in [-0.25, -0.2) is 13.2 Å². The second-order valence-corrected chi connectivity index (χ2v) is 8.96. The number of carboxylic acid groups (broad SMARTS) is 1. The van der Waals surface area contributed by atoms with Crippen LogP contribution in [0.4, 0.5) is 11.4 Å². The van der Waals surface area contributed by atoms with Gasteiger partial charge in [0, 0.05) is 10.7 Å². The lowest BCUT2D eigenvalue weighted by molar-refractivity contribution is 0.0696. The van der Waals surface area contributed by atoms with Crippen LogP contribution in [0.2, 0.25) is 5.02 Å². The third-order valence-electron chi connectivity index (χ3n) is 4.38. The standard InChI is InChI=1S/C22H19ClN2O5S/c23-17-8-11-20(25-31(29,30)13-12-15-4-2-1-3-5-15)19(14-17)21(26)24-18-9-6-16(7-10-18)22(27)28/h1-11,14,25H,12-13H2,(H,24,26)(H,27,28). The fourth-order valence-corrected chi connectivity index (χ4v) is 4.10. The predicted molar refractivity (Wildman–Crippen MR) is 120 cm³/mol. The minimum absolute atomic E-state index is 0.0399. The number of hydrogen-bond acceptors (Lipinski definition) is 4. The van der Waals surface area contributed by atoms with E-state index in [-0.39, 0.29) is 27.6 Å². The Kier molecular flexibility index (Phi) is 6.94. The van der Waals surface area contributed by atoms with Gasteiger partial charge in [-0.1, -0.05) is 41.9 Å². The number of carbonyl (C=O) groups excluding carboxylic acids is 1. The molecule has 0 atom stereocenters. The monoisotopic (exact) mass is 458 g/mol. The molecule has 0 saturated carbocycles. The van der Waals surface area contributed by atoms with Crippen LogP contribution >= 0.6 is 11.6 Å². The normalized spacial score (nSPS) is 11.0. The maximum Gasteiger partial charge on any atom is 0.335 e. The minimum Gasteiger partial charge on any atom is -0.478 e. The molecule has 0 fully saturated rings. The summed E-state index contributed by atoms with van der Waals surface area (Å²) in [5.41, 5.74) is 1.45. The van der Waals surface area contributed by atoms with E-state index in [1.54, 1.807) is 0 Å². The average Bonchev–Trinajstić information content (AvgIpc) is 2.74. The third-order valence-corrected chi connectivity index (χ3v) is 5.89. The Balaban J connectivity index is 1.76. The summed E-state index contributed by atoms with van der Waals surface area (Å²) in [7, 11) is -3.73. The fourth-order valence-electron chi connectivity index (χ4n) is 2.80. The number of hydrogen-bond donors (Lipinski definition) is 3. The van der Waals surface area contributed by atoms with Gasteiger partial charge in [-0.15, -0.1) is 0 Å². The number of sulfonamides is 1. The van der Waals surface area contributed by atoms with Gasteiger partial charge in [0.2, 0.25) is 10.0 Å². The summed E-state index contributed by atoms with van der Waals surface area (Å²) in [5, 5.41) is 11.8. The molecule has 160 valence electrons. The summed E-state index contributed by atoms with van der Waals surface area (Å²) in [6, 6.07) is 19.0. The van der Waals surface area contributed by atoms with Crippen molar-refractivity contribution >= 4 is 44.9 Å². The summed E-state index contributed by atoms with van der Waals surface area (Å²) in [4.78, 5) is 23.7. The molecule has 0 aliphatic rings. The van der Waals surface area contributed by atoms with Gasteiger partial charge in [-0.3, -0.25) is 9.52 Å². The quantitative estimate of drug-likeness (QED) is 0.466. The van der Waals surface area contributed by atoms with Crippen LogP contribution in [0.15, 0.2) is 72.8 Å². The first-order valence-corrected chi connectivity index (χ1v) is 11.3. The number of anilines is 2. The molecule has 9 heteroatoms. The number of benzene rings is 3. The summed E-state index contributed by atoms with van der Waals surface area (Å²) < 4.78 is 27.6. The van der Waals surface area contributed by atoms with Crippen LogP contribution in [-0.4, -0.2) is 31.2 Å². The van der Waals surface area contributed by atoms with E-state index < -0.39 is 21.9 Å². The van der Waals surface area contributed by atoms with Crippen molar-refractivity contribution in [2.45, 2.75) is 6.42 Å². The van der Waals surface area contributed by atoms with Crippen LogP contribution in [0.1, 0.15) is 26.3 Å². The number of aryl methyl sites for hydroxylation is 1. The van der Waals surface area contributed by atoms with Crippen LogP contribution < -0.4 is 10.0 Å². The van der Waals surface area contributed by atoms with Crippen molar-refractivity contribution in [2.24, 2.45) is 0 Å². The summed E-state index contributed by atoms with van der Waals surface area (Å²) in [6.07, 6.45) is 0.321. The smallest absolute Gasteiger partial charge is 0.335 e. The average molecular weight is 459 g/mol. The van der Waals surface area contributed by atoms with Crippen LogP contribution in [0, 0.1) is 0 Å². The molecule has 31 heavy (non-hydrogen) atoms. The van der Waals surface area contributed by atoms with E-state index in [9.17, 15) is 18.0 Å². The second-order valence-electron chi connectivity index (χ2n) is 6.68. The molecule has 0 spiro atoms. The number of carboxylic acids is 1. The topological polar surface area (TPSA) is 113 Å². The fraction of sp³-hybridized carbons (Fsp3) is 0.0909. The highest BCUT2D eigenvalue weighted by molar-refractivity contribution is 7.92. The summed E-state index contributed by atoms with van der Waals surface area (Å²) >= 11 is 6.01. The van der Waals surface area contributed by atoms with Gasteiger partial charge in [0.1, 0.15) is 0 Å². The van der Waals surface area contributed by atoms with Crippen molar-refractivity contribution in [3.8, 4) is 0 Å². The number of aromatic carboxylic acids is 1. The van der Waals surface area contributed by atoms with E-state index in [0.717, 1.165) is 5.56 Å². The van der Waals surface area contributed by atoms with Crippen LogP contribution in [0.3, 0.4) is 0 Å². The molecular formula is C22H19ClN2O5S.